The van der Waals surface area contributed by atoms with E-state index in [2.05, 4.69) is 29.5 Å². The summed E-state index contributed by atoms with van der Waals surface area (Å²) < 4.78 is 15.6. The average Bonchev–Trinajstić information content (AvgIpc) is 2.71. The van der Waals surface area contributed by atoms with Crippen LogP contribution < -0.4 is 5.32 Å². The molecule has 1 heterocycles. The summed E-state index contributed by atoms with van der Waals surface area (Å²) in [4.78, 5) is 0. The van der Waals surface area contributed by atoms with E-state index in [1.165, 1.54) is 0 Å². The van der Waals surface area contributed by atoms with Gasteiger partial charge in [-0.25, -0.2) is 4.39 Å². The predicted molar refractivity (Wildman–Crippen MR) is 83.8 cm³/mol. The third-order valence-electron chi connectivity index (χ3n) is 3.62. The van der Waals surface area contributed by atoms with E-state index in [4.69, 9.17) is 0 Å². The van der Waals surface area contributed by atoms with Crippen molar-refractivity contribution in [3.63, 3.8) is 0 Å². The summed E-state index contributed by atoms with van der Waals surface area (Å²) in [5.74, 6) is -0.172. The number of benzene rings is 1. The van der Waals surface area contributed by atoms with Crippen molar-refractivity contribution in [2.45, 2.75) is 39.7 Å². The summed E-state index contributed by atoms with van der Waals surface area (Å²) in [5, 5.41) is 7.91. The second-order valence-corrected chi connectivity index (χ2v) is 5.67. The Bertz CT molecular complexity index is 584. The van der Waals surface area contributed by atoms with Crippen LogP contribution in [-0.2, 0) is 13.5 Å². The fourth-order valence-electron chi connectivity index (χ4n) is 2.66. The molecule has 0 aliphatic heterocycles. The van der Waals surface area contributed by atoms with Crippen molar-refractivity contribution in [3.8, 4) is 0 Å². The molecule has 114 valence electrons. The lowest BCUT2D eigenvalue weighted by Gasteiger charge is -2.20. The molecule has 1 unspecified atom stereocenters. The quantitative estimate of drug-likeness (QED) is 0.882. The van der Waals surface area contributed by atoms with Crippen LogP contribution >= 0.6 is 0 Å². The Labute approximate surface area is 126 Å². The summed E-state index contributed by atoms with van der Waals surface area (Å²) in [7, 11) is 1.95. The van der Waals surface area contributed by atoms with Crippen LogP contribution in [0.25, 0.3) is 0 Å². The zero-order valence-corrected chi connectivity index (χ0v) is 13.3. The smallest absolute Gasteiger partial charge is 0.123 e. The monoisotopic (exact) mass is 289 g/mol. The molecule has 0 saturated carbocycles. The second kappa shape index (κ2) is 6.85. The largest absolute Gasteiger partial charge is 0.310 e. The number of halogens is 1. The van der Waals surface area contributed by atoms with Crippen LogP contribution in [0, 0.1) is 19.7 Å². The van der Waals surface area contributed by atoms with Gasteiger partial charge in [-0.05, 0) is 56.1 Å². The van der Waals surface area contributed by atoms with Gasteiger partial charge in [-0.3, -0.25) is 4.68 Å². The number of hydrogen-bond donors (Lipinski definition) is 1. The molecule has 1 N–H and O–H groups in total. The van der Waals surface area contributed by atoms with Crippen LogP contribution in [0.15, 0.2) is 24.3 Å². The zero-order chi connectivity index (χ0) is 15.4. The topological polar surface area (TPSA) is 29.9 Å². The highest BCUT2D eigenvalue weighted by atomic mass is 19.1. The van der Waals surface area contributed by atoms with E-state index in [1.54, 1.807) is 12.1 Å². The van der Waals surface area contributed by atoms with Crippen molar-refractivity contribution < 1.29 is 4.39 Å². The molecule has 0 amide bonds. The predicted octanol–water partition coefficient (Wildman–Crippen LogP) is 3.46. The van der Waals surface area contributed by atoms with E-state index < -0.39 is 0 Å². The second-order valence-electron chi connectivity index (χ2n) is 5.67. The maximum Gasteiger partial charge on any atom is 0.123 e. The Hall–Kier alpha value is -1.68. The average molecular weight is 289 g/mol. The van der Waals surface area contributed by atoms with Gasteiger partial charge < -0.3 is 5.32 Å². The molecule has 0 aliphatic carbocycles. The van der Waals surface area contributed by atoms with Gasteiger partial charge in [0.15, 0.2) is 0 Å². The minimum Gasteiger partial charge on any atom is -0.310 e. The summed E-state index contributed by atoms with van der Waals surface area (Å²) in [5.41, 5.74) is 4.12. The molecule has 2 rings (SSSR count). The third kappa shape index (κ3) is 4.14. The minimum absolute atomic E-state index is 0.106. The molecule has 4 heteroatoms. The lowest BCUT2D eigenvalue weighted by Crippen LogP contribution is -2.25. The van der Waals surface area contributed by atoms with Crippen molar-refractivity contribution in [2.24, 2.45) is 7.05 Å². The Morgan fingerprint density at radius 2 is 2.00 bits per heavy atom. The Kier molecular flexibility index (Phi) is 5.12. The number of hydrogen-bond acceptors (Lipinski definition) is 2. The lowest BCUT2D eigenvalue weighted by molar-refractivity contribution is 0.508. The molecule has 3 nitrogen and oxygen atoms in total. The molecule has 21 heavy (non-hydrogen) atoms. The van der Waals surface area contributed by atoms with Gasteiger partial charge in [-0.2, -0.15) is 5.10 Å². The number of nitrogens with one attached hydrogen (secondary N) is 1. The zero-order valence-electron chi connectivity index (χ0n) is 13.3. The normalized spacial score (nSPS) is 12.6. The van der Waals surface area contributed by atoms with Crippen molar-refractivity contribution in [1.82, 2.24) is 15.1 Å². The highest BCUT2D eigenvalue weighted by molar-refractivity contribution is 5.27. The Morgan fingerprint density at radius 3 is 2.57 bits per heavy atom. The molecule has 1 aromatic carbocycles. The fraction of sp³-hybridized carbons (Fsp3) is 0.471. The van der Waals surface area contributed by atoms with Gasteiger partial charge in [-0.1, -0.05) is 13.0 Å². The van der Waals surface area contributed by atoms with Crippen LogP contribution in [-0.4, -0.2) is 16.3 Å². The molecule has 1 atom stereocenters. The number of aryl methyl sites for hydroxylation is 3. The molecular formula is C17H24FN3. The molecule has 0 fully saturated rings. The maximum absolute atomic E-state index is 13.7. The summed E-state index contributed by atoms with van der Waals surface area (Å²) in [6, 6.07) is 7.44. The van der Waals surface area contributed by atoms with Crippen molar-refractivity contribution in [3.05, 3.63) is 52.6 Å². The highest BCUT2D eigenvalue weighted by Gasteiger charge is 2.15. The molecule has 0 spiro atoms. The molecule has 0 bridgehead atoms. The van der Waals surface area contributed by atoms with Gasteiger partial charge >= 0.3 is 0 Å². The summed E-state index contributed by atoms with van der Waals surface area (Å²) in [6.07, 6.45) is 1.86. The van der Waals surface area contributed by atoms with Crippen LogP contribution in [0.2, 0.25) is 0 Å². The molecule has 1 aromatic heterocycles. The maximum atomic E-state index is 13.7. The first-order valence-electron chi connectivity index (χ1n) is 7.49. The number of nitrogens with zero attached hydrogens (tertiary/aromatic N) is 2. The van der Waals surface area contributed by atoms with E-state index in [0.717, 1.165) is 41.9 Å². The molecule has 0 aliphatic rings. The number of rotatable bonds is 6. The van der Waals surface area contributed by atoms with Gasteiger partial charge in [0.05, 0.1) is 5.69 Å². The van der Waals surface area contributed by atoms with Crippen molar-refractivity contribution >= 4 is 0 Å². The van der Waals surface area contributed by atoms with Gasteiger partial charge in [0.2, 0.25) is 0 Å². The Balaban J connectivity index is 2.27. The molecule has 0 saturated heterocycles. The first-order valence-corrected chi connectivity index (χ1v) is 7.49. The lowest BCUT2D eigenvalue weighted by atomic mass is 9.99. The summed E-state index contributed by atoms with van der Waals surface area (Å²) >= 11 is 0. The molecule has 0 radical (unpaired) electrons. The van der Waals surface area contributed by atoms with Gasteiger partial charge in [-0.15, -0.1) is 0 Å². The van der Waals surface area contributed by atoms with E-state index in [9.17, 15) is 4.39 Å². The van der Waals surface area contributed by atoms with E-state index in [-0.39, 0.29) is 11.9 Å². The Morgan fingerprint density at radius 1 is 1.24 bits per heavy atom. The van der Waals surface area contributed by atoms with Crippen LogP contribution in [0.4, 0.5) is 4.39 Å². The van der Waals surface area contributed by atoms with Gasteiger partial charge in [0.1, 0.15) is 5.82 Å². The van der Waals surface area contributed by atoms with Gasteiger partial charge in [0, 0.05) is 25.2 Å². The fourth-order valence-corrected chi connectivity index (χ4v) is 2.66. The third-order valence-corrected chi connectivity index (χ3v) is 3.62. The molecule has 2 aromatic rings. The van der Waals surface area contributed by atoms with E-state index >= 15 is 0 Å². The van der Waals surface area contributed by atoms with Crippen molar-refractivity contribution in [1.29, 1.82) is 0 Å². The standard InChI is InChI=1S/C17H24FN3/c1-5-6-19-17(11-16-9-13(3)20-21(16)4)14-7-12(2)8-15(18)10-14/h7-10,17,19H,5-6,11H2,1-4H3. The first kappa shape index (κ1) is 15.7. The van der Waals surface area contributed by atoms with Crippen molar-refractivity contribution in [2.75, 3.05) is 6.54 Å². The van der Waals surface area contributed by atoms with E-state index in [0.29, 0.717) is 0 Å². The highest BCUT2D eigenvalue weighted by Crippen LogP contribution is 2.21. The summed E-state index contributed by atoms with van der Waals surface area (Å²) in [6.45, 7) is 6.97. The van der Waals surface area contributed by atoms with Crippen LogP contribution in [0.1, 0.15) is 41.9 Å². The van der Waals surface area contributed by atoms with Gasteiger partial charge in [0.25, 0.3) is 0 Å². The van der Waals surface area contributed by atoms with Crippen LogP contribution in [0.5, 0.6) is 0 Å². The number of aromatic nitrogens is 2. The van der Waals surface area contributed by atoms with E-state index in [1.807, 2.05) is 25.6 Å². The van der Waals surface area contributed by atoms with Crippen LogP contribution in [0.3, 0.4) is 0 Å². The SMILES string of the molecule is CCCNC(Cc1cc(C)nn1C)c1cc(C)cc(F)c1. The minimum atomic E-state index is -0.172. The molecular weight excluding hydrogens is 265 g/mol. The first-order chi connectivity index (χ1) is 9.99.